The van der Waals surface area contributed by atoms with E-state index in [1.165, 1.54) is 0 Å². The van der Waals surface area contributed by atoms with Gasteiger partial charge >= 0.3 is 18.0 Å². The van der Waals surface area contributed by atoms with Gasteiger partial charge in [0.15, 0.2) is 6.17 Å². The second-order valence-corrected chi connectivity index (χ2v) is 2.64. The van der Waals surface area contributed by atoms with E-state index >= 15 is 0 Å². The maximum absolute atomic E-state index is 12.7. The Kier molecular flexibility index (Phi) is 4.24. The van der Waals surface area contributed by atoms with Crippen molar-refractivity contribution in [3.63, 3.8) is 0 Å². The molecule has 7 heteroatoms. The molecule has 0 aromatic heterocycles. The van der Waals surface area contributed by atoms with E-state index in [0.717, 1.165) is 6.92 Å². The second-order valence-electron chi connectivity index (χ2n) is 2.64. The lowest BCUT2D eigenvalue weighted by molar-refractivity contribution is -0.344. The Balaban J connectivity index is 4.83. The number of ether oxygens (including phenoxy) is 1. The van der Waals surface area contributed by atoms with E-state index in [-0.39, 0.29) is 6.08 Å². The summed E-state index contributed by atoms with van der Waals surface area (Å²) in [5, 5.41) is 0. The molecule has 0 N–H and O–H groups in total. The molecule has 15 heavy (non-hydrogen) atoms. The standard InChI is InChI=1S/C8H9F5O2/c1-3-5(9)7(10,11)8(12,13)15-6(14)4-2/h4-5H,2-3H2,1H3. The number of hydrogen-bond acceptors (Lipinski definition) is 2. The third-order valence-corrected chi connectivity index (χ3v) is 1.54. The number of halogens is 5. The van der Waals surface area contributed by atoms with Crippen molar-refractivity contribution in [2.75, 3.05) is 0 Å². The van der Waals surface area contributed by atoms with Crippen molar-refractivity contribution in [1.29, 1.82) is 0 Å². The number of carbonyl (C=O) groups excluding carboxylic acids is 1. The molecule has 0 aromatic carbocycles. The molecule has 2 nitrogen and oxygen atoms in total. The Hall–Kier alpha value is -1.14. The van der Waals surface area contributed by atoms with Crippen molar-refractivity contribution in [2.45, 2.75) is 31.5 Å². The molecule has 1 unspecified atom stereocenters. The fraction of sp³-hybridized carbons (Fsp3) is 0.625. The fourth-order valence-electron chi connectivity index (χ4n) is 0.675. The molecule has 0 bridgehead atoms. The van der Waals surface area contributed by atoms with E-state index < -0.39 is 30.6 Å². The van der Waals surface area contributed by atoms with Crippen LogP contribution >= 0.6 is 0 Å². The molecule has 88 valence electrons. The van der Waals surface area contributed by atoms with Gasteiger partial charge < -0.3 is 4.74 Å². The highest BCUT2D eigenvalue weighted by molar-refractivity contribution is 5.81. The summed E-state index contributed by atoms with van der Waals surface area (Å²) in [4.78, 5) is 10.3. The van der Waals surface area contributed by atoms with Gasteiger partial charge in [-0.25, -0.2) is 9.18 Å². The molecule has 1 atom stereocenters. The molecular formula is C8H9F5O2. The summed E-state index contributed by atoms with van der Waals surface area (Å²) in [7, 11) is 0. The summed E-state index contributed by atoms with van der Waals surface area (Å²) in [5.74, 6) is -6.80. The van der Waals surface area contributed by atoms with Crippen LogP contribution in [-0.4, -0.2) is 24.2 Å². The van der Waals surface area contributed by atoms with Crippen molar-refractivity contribution < 1.29 is 31.5 Å². The van der Waals surface area contributed by atoms with Crippen LogP contribution in [-0.2, 0) is 9.53 Å². The first-order valence-electron chi connectivity index (χ1n) is 3.94. The van der Waals surface area contributed by atoms with Gasteiger partial charge in [-0.15, -0.1) is 0 Å². The van der Waals surface area contributed by atoms with Crippen LogP contribution in [0.25, 0.3) is 0 Å². The Morgan fingerprint density at radius 1 is 1.47 bits per heavy atom. The molecular weight excluding hydrogens is 223 g/mol. The molecule has 0 radical (unpaired) electrons. The van der Waals surface area contributed by atoms with Crippen molar-refractivity contribution in [3.8, 4) is 0 Å². The van der Waals surface area contributed by atoms with Crippen LogP contribution in [0.2, 0.25) is 0 Å². The lowest BCUT2D eigenvalue weighted by Crippen LogP contribution is -2.50. The quantitative estimate of drug-likeness (QED) is 0.414. The van der Waals surface area contributed by atoms with Gasteiger partial charge in [0.05, 0.1) is 0 Å². The van der Waals surface area contributed by atoms with Crippen molar-refractivity contribution in [2.24, 2.45) is 0 Å². The van der Waals surface area contributed by atoms with E-state index in [1.54, 1.807) is 0 Å². The van der Waals surface area contributed by atoms with Gasteiger partial charge in [0, 0.05) is 6.08 Å². The first-order valence-corrected chi connectivity index (χ1v) is 3.94. The lowest BCUT2D eigenvalue weighted by Gasteiger charge is -2.27. The van der Waals surface area contributed by atoms with Crippen LogP contribution in [0.5, 0.6) is 0 Å². The van der Waals surface area contributed by atoms with E-state index in [9.17, 15) is 26.7 Å². The Morgan fingerprint density at radius 2 is 1.93 bits per heavy atom. The molecule has 0 spiro atoms. The van der Waals surface area contributed by atoms with Gasteiger partial charge in [0.1, 0.15) is 0 Å². The molecule has 0 aliphatic heterocycles. The summed E-state index contributed by atoms with van der Waals surface area (Å²) in [6.07, 6.45) is -8.82. The van der Waals surface area contributed by atoms with Crippen LogP contribution in [0.4, 0.5) is 22.0 Å². The molecule has 0 heterocycles. The van der Waals surface area contributed by atoms with Crippen LogP contribution in [0.1, 0.15) is 13.3 Å². The number of esters is 1. The number of rotatable bonds is 5. The molecule has 0 aromatic rings. The SMILES string of the molecule is C=CC(=O)OC(F)(F)C(F)(F)C(F)CC. The fourth-order valence-corrected chi connectivity index (χ4v) is 0.675. The third-order valence-electron chi connectivity index (χ3n) is 1.54. The van der Waals surface area contributed by atoms with E-state index in [4.69, 9.17) is 0 Å². The molecule has 0 rings (SSSR count). The van der Waals surface area contributed by atoms with Crippen LogP contribution in [0.15, 0.2) is 12.7 Å². The predicted octanol–water partition coefficient (Wildman–Crippen LogP) is 2.69. The zero-order chi connectivity index (χ0) is 12.3. The van der Waals surface area contributed by atoms with E-state index in [0.29, 0.717) is 0 Å². The minimum atomic E-state index is -5.19. The first kappa shape index (κ1) is 13.9. The minimum absolute atomic E-state index is 0.281. The largest absolute Gasteiger partial charge is 0.469 e. The van der Waals surface area contributed by atoms with Crippen molar-refractivity contribution in [3.05, 3.63) is 12.7 Å². The van der Waals surface area contributed by atoms with E-state index in [2.05, 4.69) is 11.3 Å². The van der Waals surface area contributed by atoms with Gasteiger partial charge in [-0.05, 0) is 6.42 Å². The maximum Gasteiger partial charge on any atom is 0.469 e. The summed E-state index contributed by atoms with van der Waals surface area (Å²) in [6.45, 7) is 3.71. The highest BCUT2D eigenvalue weighted by Gasteiger charge is 2.64. The average Bonchev–Trinajstić information content (AvgIpc) is 2.15. The number of alkyl halides is 5. The number of carbonyl (C=O) groups is 1. The Morgan fingerprint density at radius 3 is 2.27 bits per heavy atom. The average molecular weight is 232 g/mol. The predicted molar refractivity (Wildman–Crippen MR) is 41.4 cm³/mol. The zero-order valence-corrected chi connectivity index (χ0v) is 7.78. The zero-order valence-electron chi connectivity index (χ0n) is 7.78. The lowest BCUT2D eigenvalue weighted by atomic mass is 10.1. The summed E-state index contributed by atoms with van der Waals surface area (Å²) in [5.41, 5.74) is 0. The van der Waals surface area contributed by atoms with Crippen molar-refractivity contribution in [1.82, 2.24) is 0 Å². The normalized spacial score (nSPS) is 14.5. The van der Waals surface area contributed by atoms with Gasteiger partial charge in [0.25, 0.3) is 0 Å². The molecule has 0 saturated heterocycles. The second kappa shape index (κ2) is 4.59. The van der Waals surface area contributed by atoms with Crippen LogP contribution < -0.4 is 0 Å². The van der Waals surface area contributed by atoms with Crippen LogP contribution in [0.3, 0.4) is 0 Å². The van der Waals surface area contributed by atoms with E-state index in [1.807, 2.05) is 0 Å². The number of hydrogen-bond donors (Lipinski definition) is 0. The molecule has 0 saturated carbocycles. The highest BCUT2D eigenvalue weighted by Crippen LogP contribution is 2.40. The molecule has 0 aliphatic carbocycles. The highest BCUT2D eigenvalue weighted by atomic mass is 19.3. The molecule has 0 fully saturated rings. The van der Waals surface area contributed by atoms with Gasteiger partial charge in [-0.2, -0.15) is 17.6 Å². The summed E-state index contributed by atoms with van der Waals surface area (Å²) >= 11 is 0. The van der Waals surface area contributed by atoms with Gasteiger partial charge in [0.2, 0.25) is 0 Å². The summed E-state index contributed by atoms with van der Waals surface area (Å²) < 4.78 is 66.1. The topological polar surface area (TPSA) is 26.3 Å². The third kappa shape index (κ3) is 2.90. The maximum atomic E-state index is 12.7. The Labute approximate surface area is 82.7 Å². The van der Waals surface area contributed by atoms with Crippen LogP contribution in [0, 0.1) is 0 Å². The van der Waals surface area contributed by atoms with Crippen molar-refractivity contribution >= 4 is 5.97 Å². The van der Waals surface area contributed by atoms with Gasteiger partial charge in [-0.3, -0.25) is 0 Å². The smallest absolute Gasteiger partial charge is 0.393 e. The monoisotopic (exact) mass is 232 g/mol. The Bertz CT molecular complexity index is 251. The molecule has 0 amide bonds. The summed E-state index contributed by atoms with van der Waals surface area (Å²) in [6, 6.07) is 0. The van der Waals surface area contributed by atoms with Gasteiger partial charge in [-0.1, -0.05) is 13.5 Å². The first-order chi connectivity index (χ1) is 6.69. The molecule has 0 aliphatic rings. The minimum Gasteiger partial charge on any atom is -0.393 e.